The SMILES string of the molecule is COC(=O)C1CCCN1C(=O)c1cc(N)cc(Cl)c1Cl. The molecule has 0 bridgehead atoms. The third kappa shape index (κ3) is 2.69. The van der Waals surface area contributed by atoms with Gasteiger partial charge in [0.15, 0.2) is 0 Å². The first-order valence-electron chi connectivity index (χ1n) is 6.09. The van der Waals surface area contributed by atoms with E-state index in [2.05, 4.69) is 0 Å². The molecule has 0 saturated carbocycles. The van der Waals surface area contributed by atoms with Crippen LogP contribution in [0, 0.1) is 0 Å². The van der Waals surface area contributed by atoms with Crippen molar-refractivity contribution in [3.63, 3.8) is 0 Å². The Morgan fingerprint density at radius 3 is 2.75 bits per heavy atom. The number of carbonyl (C=O) groups excluding carboxylic acids is 2. The number of ether oxygens (including phenoxy) is 1. The van der Waals surface area contributed by atoms with Gasteiger partial charge in [0.1, 0.15) is 6.04 Å². The van der Waals surface area contributed by atoms with Crippen molar-refractivity contribution in [3.05, 3.63) is 27.7 Å². The molecule has 2 rings (SSSR count). The van der Waals surface area contributed by atoms with Gasteiger partial charge in [-0.25, -0.2) is 4.79 Å². The summed E-state index contributed by atoms with van der Waals surface area (Å²) in [6.45, 7) is 0.474. The summed E-state index contributed by atoms with van der Waals surface area (Å²) in [6, 6.07) is 2.36. The number of amides is 1. The van der Waals surface area contributed by atoms with Gasteiger partial charge in [-0.3, -0.25) is 4.79 Å². The van der Waals surface area contributed by atoms with Crippen molar-refractivity contribution in [1.82, 2.24) is 4.90 Å². The molecule has 1 fully saturated rings. The minimum Gasteiger partial charge on any atom is -0.467 e. The Balaban J connectivity index is 2.34. The van der Waals surface area contributed by atoms with Gasteiger partial charge in [-0.2, -0.15) is 0 Å². The molecule has 20 heavy (non-hydrogen) atoms. The predicted octanol–water partition coefficient (Wildman–Crippen LogP) is 2.35. The predicted molar refractivity (Wildman–Crippen MR) is 76.9 cm³/mol. The lowest BCUT2D eigenvalue weighted by Gasteiger charge is -2.23. The lowest BCUT2D eigenvalue weighted by molar-refractivity contribution is -0.145. The van der Waals surface area contributed by atoms with E-state index in [4.69, 9.17) is 33.7 Å². The van der Waals surface area contributed by atoms with Gasteiger partial charge in [-0.1, -0.05) is 23.2 Å². The molecule has 0 spiro atoms. The Labute approximate surface area is 126 Å². The highest BCUT2D eigenvalue weighted by Gasteiger charge is 2.36. The zero-order valence-corrected chi connectivity index (χ0v) is 12.4. The van der Waals surface area contributed by atoms with Crippen molar-refractivity contribution < 1.29 is 14.3 Å². The summed E-state index contributed by atoms with van der Waals surface area (Å²) in [6.07, 6.45) is 1.31. The quantitative estimate of drug-likeness (QED) is 0.671. The molecule has 1 amide bonds. The molecule has 1 heterocycles. The van der Waals surface area contributed by atoms with Gasteiger partial charge in [0.2, 0.25) is 0 Å². The van der Waals surface area contributed by atoms with E-state index < -0.39 is 12.0 Å². The summed E-state index contributed by atoms with van der Waals surface area (Å²) < 4.78 is 4.71. The molecule has 1 aliphatic rings. The fourth-order valence-electron chi connectivity index (χ4n) is 2.31. The number of carbonyl (C=O) groups is 2. The Morgan fingerprint density at radius 1 is 1.40 bits per heavy atom. The number of halogens is 2. The summed E-state index contributed by atoms with van der Waals surface area (Å²) in [4.78, 5) is 25.6. The number of likely N-dealkylation sites (tertiary alicyclic amines) is 1. The highest BCUT2D eigenvalue weighted by Crippen LogP contribution is 2.31. The molecule has 1 unspecified atom stereocenters. The summed E-state index contributed by atoms with van der Waals surface area (Å²) >= 11 is 12.0. The van der Waals surface area contributed by atoms with Crippen molar-refractivity contribution >= 4 is 40.8 Å². The highest BCUT2D eigenvalue weighted by molar-refractivity contribution is 6.44. The van der Waals surface area contributed by atoms with Crippen LogP contribution in [0.5, 0.6) is 0 Å². The fourth-order valence-corrected chi connectivity index (χ4v) is 2.73. The molecule has 108 valence electrons. The van der Waals surface area contributed by atoms with Gasteiger partial charge < -0.3 is 15.4 Å². The van der Waals surface area contributed by atoms with E-state index >= 15 is 0 Å². The minimum atomic E-state index is -0.580. The Hall–Kier alpha value is -1.46. The van der Waals surface area contributed by atoms with Crippen LogP contribution in [0.15, 0.2) is 12.1 Å². The highest BCUT2D eigenvalue weighted by atomic mass is 35.5. The van der Waals surface area contributed by atoms with Gasteiger partial charge in [0, 0.05) is 12.2 Å². The number of anilines is 1. The van der Waals surface area contributed by atoms with Crippen LogP contribution in [0.2, 0.25) is 10.0 Å². The van der Waals surface area contributed by atoms with Crippen molar-refractivity contribution in [2.24, 2.45) is 0 Å². The first-order chi connectivity index (χ1) is 9.45. The second-order valence-corrected chi connectivity index (χ2v) is 5.33. The maximum atomic E-state index is 12.5. The second kappa shape index (κ2) is 5.89. The first kappa shape index (κ1) is 14.9. The van der Waals surface area contributed by atoms with Crippen LogP contribution in [-0.2, 0) is 9.53 Å². The molecule has 2 N–H and O–H groups in total. The number of nitrogens with two attached hydrogens (primary N) is 1. The molecule has 1 aromatic rings. The van der Waals surface area contributed by atoms with Crippen LogP contribution in [0.1, 0.15) is 23.2 Å². The molecule has 0 radical (unpaired) electrons. The topological polar surface area (TPSA) is 72.6 Å². The lowest BCUT2D eigenvalue weighted by atomic mass is 10.1. The number of nitrogen functional groups attached to an aromatic ring is 1. The molecule has 1 aliphatic heterocycles. The molecule has 7 heteroatoms. The molecule has 1 aromatic carbocycles. The van der Waals surface area contributed by atoms with Crippen LogP contribution in [0.4, 0.5) is 5.69 Å². The van der Waals surface area contributed by atoms with E-state index in [0.717, 1.165) is 6.42 Å². The summed E-state index contributed by atoms with van der Waals surface area (Å²) in [5.41, 5.74) is 6.23. The maximum absolute atomic E-state index is 12.5. The summed E-state index contributed by atoms with van der Waals surface area (Å²) in [5.74, 6) is -0.793. The van der Waals surface area contributed by atoms with E-state index in [-0.39, 0.29) is 21.5 Å². The van der Waals surface area contributed by atoms with Crippen LogP contribution < -0.4 is 5.73 Å². The smallest absolute Gasteiger partial charge is 0.328 e. The number of hydrogen-bond acceptors (Lipinski definition) is 4. The van der Waals surface area contributed by atoms with Gasteiger partial charge >= 0.3 is 5.97 Å². The third-order valence-corrected chi connectivity index (χ3v) is 4.07. The molecule has 0 aromatic heterocycles. The summed E-state index contributed by atoms with van der Waals surface area (Å²) in [7, 11) is 1.30. The van der Waals surface area contributed by atoms with Gasteiger partial charge in [-0.05, 0) is 25.0 Å². The largest absolute Gasteiger partial charge is 0.467 e. The molecule has 1 atom stereocenters. The molecule has 1 saturated heterocycles. The first-order valence-corrected chi connectivity index (χ1v) is 6.84. The fraction of sp³-hybridized carbons (Fsp3) is 0.385. The third-order valence-electron chi connectivity index (χ3n) is 3.27. The summed E-state index contributed by atoms with van der Waals surface area (Å²) in [5, 5.41) is 0.352. The molecule has 0 aliphatic carbocycles. The van der Waals surface area contributed by atoms with Crippen LogP contribution >= 0.6 is 23.2 Å². The Morgan fingerprint density at radius 2 is 2.10 bits per heavy atom. The lowest BCUT2D eigenvalue weighted by Crippen LogP contribution is -2.41. The van der Waals surface area contributed by atoms with Gasteiger partial charge in [0.05, 0.1) is 22.7 Å². The average molecular weight is 317 g/mol. The second-order valence-electron chi connectivity index (χ2n) is 4.54. The van der Waals surface area contributed by atoms with Crippen molar-refractivity contribution in [2.45, 2.75) is 18.9 Å². The van der Waals surface area contributed by atoms with E-state index in [1.807, 2.05) is 0 Å². The van der Waals surface area contributed by atoms with Crippen molar-refractivity contribution in [1.29, 1.82) is 0 Å². The normalized spacial score (nSPS) is 18.1. The number of rotatable bonds is 2. The molecule has 5 nitrogen and oxygen atoms in total. The number of benzene rings is 1. The van der Waals surface area contributed by atoms with E-state index in [1.165, 1.54) is 24.1 Å². The average Bonchev–Trinajstić information content (AvgIpc) is 2.90. The molecular formula is C13H14Cl2N2O3. The Bertz CT molecular complexity index is 563. The Kier molecular flexibility index (Phi) is 4.40. The van der Waals surface area contributed by atoms with Crippen molar-refractivity contribution in [2.75, 3.05) is 19.4 Å². The number of nitrogens with zero attached hydrogens (tertiary/aromatic N) is 1. The van der Waals surface area contributed by atoms with Gasteiger partial charge in [0.25, 0.3) is 5.91 Å². The minimum absolute atomic E-state index is 0.140. The van der Waals surface area contributed by atoms with E-state index in [9.17, 15) is 9.59 Å². The number of hydrogen-bond donors (Lipinski definition) is 1. The van der Waals surface area contributed by atoms with Crippen LogP contribution in [0.25, 0.3) is 0 Å². The maximum Gasteiger partial charge on any atom is 0.328 e. The zero-order valence-electron chi connectivity index (χ0n) is 10.9. The van der Waals surface area contributed by atoms with E-state index in [1.54, 1.807) is 0 Å². The van der Waals surface area contributed by atoms with Crippen LogP contribution in [-0.4, -0.2) is 36.5 Å². The van der Waals surface area contributed by atoms with Crippen molar-refractivity contribution in [3.8, 4) is 0 Å². The monoisotopic (exact) mass is 316 g/mol. The number of esters is 1. The van der Waals surface area contributed by atoms with Gasteiger partial charge in [-0.15, -0.1) is 0 Å². The van der Waals surface area contributed by atoms with Crippen LogP contribution in [0.3, 0.4) is 0 Å². The molecular weight excluding hydrogens is 303 g/mol. The number of methoxy groups -OCH3 is 1. The van der Waals surface area contributed by atoms with E-state index in [0.29, 0.717) is 18.7 Å². The zero-order chi connectivity index (χ0) is 14.9. The standard InChI is InChI=1S/C13H14Cl2N2O3/c1-20-13(19)10-3-2-4-17(10)12(18)8-5-7(16)6-9(14)11(8)15/h5-6,10H,2-4,16H2,1H3.